The molecular weight excluding hydrogens is 759 g/mol. The van der Waals surface area contributed by atoms with E-state index in [0.717, 1.165) is 17.1 Å². The van der Waals surface area contributed by atoms with Gasteiger partial charge in [0.2, 0.25) is 0 Å². The number of rotatable bonds is 9. The maximum Gasteiger partial charge on any atom is 0.0546 e. The number of anilines is 3. The van der Waals surface area contributed by atoms with Crippen LogP contribution in [0.2, 0.25) is 0 Å². The molecule has 11 aromatic rings. The standard InChI is InChI=1S/C62H43N/c1-4-17-44(18-5-1)46-31-33-47(34-32-46)49-37-41-53(42-38-49)63(52-39-35-48(36-40-52)45-19-6-2-7-20-45)61-30-16-29-59(57-27-13-12-24-54(57)50-21-8-3-9-22-50)62(61)60-43-51-23-10-11-25-55(51)56-26-14-15-28-58(56)60/h1-43H. The molecule has 0 radical (unpaired) electrons. The van der Waals surface area contributed by atoms with Crippen LogP contribution in [0.3, 0.4) is 0 Å². The lowest BCUT2D eigenvalue weighted by molar-refractivity contribution is 1.28. The van der Waals surface area contributed by atoms with Crippen molar-refractivity contribution in [2.75, 3.05) is 4.90 Å². The van der Waals surface area contributed by atoms with Crippen molar-refractivity contribution in [1.29, 1.82) is 0 Å². The van der Waals surface area contributed by atoms with Gasteiger partial charge >= 0.3 is 0 Å². The molecule has 0 amide bonds. The minimum absolute atomic E-state index is 1.08. The normalized spacial score (nSPS) is 11.2. The van der Waals surface area contributed by atoms with Crippen molar-refractivity contribution < 1.29 is 0 Å². The molecule has 0 spiro atoms. The van der Waals surface area contributed by atoms with E-state index in [1.165, 1.54) is 88.3 Å². The summed E-state index contributed by atoms with van der Waals surface area (Å²) >= 11 is 0. The minimum Gasteiger partial charge on any atom is -0.310 e. The summed E-state index contributed by atoms with van der Waals surface area (Å²) in [6.07, 6.45) is 0. The molecule has 1 heteroatoms. The molecule has 0 unspecified atom stereocenters. The molecule has 296 valence electrons. The van der Waals surface area contributed by atoms with Crippen molar-refractivity contribution in [1.82, 2.24) is 0 Å². The van der Waals surface area contributed by atoms with Crippen LogP contribution in [0.4, 0.5) is 17.1 Å². The molecule has 1 nitrogen and oxygen atoms in total. The quantitative estimate of drug-likeness (QED) is 0.131. The predicted octanol–water partition coefficient (Wildman–Crippen LogP) is 17.5. The molecule has 0 aliphatic heterocycles. The summed E-state index contributed by atoms with van der Waals surface area (Å²) in [6, 6.07) is 94.8. The van der Waals surface area contributed by atoms with Crippen LogP contribution in [0, 0.1) is 0 Å². The van der Waals surface area contributed by atoms with Crippen LogP contribution in [0.25, 0.3) is 88.3 Å². The van der Waals surface area contributed by atoms with Crippen molar-refractivity contribution in [3.05, 3.63) is 261 Å². The zero-order chi connectivity index (χ0) is 42.0. The Morgan fingerprint density at radius 1 is 0.222 bits per heavy atom. The van der Waals surface area contributed by atoms with E-state index in [2.05, 4.69) is 266 Å². The first-order valence-electron chi connectivity index (χ1n) is 21.7. The van der Waals surface area contributed by atoms with Crippen molar-refractivity contribution in [2.24, 2.45) is 0 Å². The fourth-order valence-corrected chi connectivity index (χ4v) is 9.23. The average molecular weight is 802 g/mol. The Labute approximate surface area is 369 Å². The molecule has 0 heterocycles. The third-order valence-electron chi connectivity index (χ3n) is 12.3. The third kappa shape index (κ3) is 7.26. The lowest BCUT2D eigenvalue weighted by atomic mass is 9.85. The van der Waals surface area contributed by atoms with Gasteiger partial charge in [0.25, 0.3) is 0 Å². The molecule has 0 N–H and O–H groups in total. The van der Waals surface area contributed by atoms with Gasteiger partial charge in [-0.15, -0.1) is 0 Å². The topological polar surface area (TPSA) is 3.24 Å². The van der Waals surface area contributed by atoms with Gasteiger partial charge in [0, 0.05) is 16.9 Å². The Hall–Kier alpha value is -8.26. The summed E-state index contributed by atoms with van der Waals surface area (Å²) in [4.78, 5) is 2.45. The van der Waals surface area contributed by atoms with E-state index in [-0.39, 0.29) is 0 Å². The maximum absolute atomic E-state index is 2.45. The fourth-order valence-electron chi connectivity index (χ4n) is 9.23. The van der Waals surface area contributed by atoms with Gasteiger partial charge in [-0.05, 0) is 119 Å². The van der Waals surface area contributed by atoms with Crippen LogP contribution in [0.5, 0.6) is 0 Å². The van der Waals surface area contributed by atoms with Crippen molar-refractivity contribution >= 4 is 38.6 Å². The molecule has 63 heavy (non-hydrogen) atoms. The third-order valence-corrected chi connectivity index (χ3v) is 12.3. The van der Waals surface area contributed by atoms with Crippen molar-refractivity contribution in [3.63, 3.8) is 0 Å². The second-order valence-electron chi connectivity index (χ2n) is 16.0. The summed E-state index contributed by atoms with van der Waals surface area (Å²) in [7, 11) is 0. The molecule has 11 rings (SSSR count). The zero-order valence-electron chi connectivity index (χ0n) is 34.8. The molecule has 0 aliphatic carbocycles. The largest absolute Gasteiger partial charge is 0.310 e. The number of nitrogens with zero attached hydrogens (tertiary/aromatic N) is 1. The number of fused-ring (bicyclic) bond motifs is 3. The first-order chi connectivity index (χ1) is 31.3. The summed E-state index contributed by atoms with van der Waals surface area (Å²) in [5.41, 5.74) is 17.5. The van der Waals surface area contributed by atoms with Crippen LogP contribution in [-0.2, 0) is 0 Å². The Bertz CT molecular complexity index is 3340. The fraction of sp³-hybridized carbons (Fsp3) is 0. The second kappa shape index (κ2) is 16.7. The molecule has 0 bridgehead atoms. The first kappa shape index (κ1) is 37.7. The van der Waals surface area contributed by atoms with Crippen LogP contribution in [0.1, 0.15) is 0 Å². The molecule has 0 saturated carbocycles. The van der Waals surface area contributed by atoms with Gasteiger partial charge in [-0.3, -0.25) is 0 Å². The Morgan fingerprint density at radius 3 is 1.17 bits per heavy atom. The minimum atomic E-state index is 1.08. The van der Waals surface area contributed by atoms with E-state index in [0.29, 0.717) is 0 Å². The number of benzene rings is 11. The van der Waals surface area contributed by atoms with E-state index in [1.54, 1.807) is 0 Å². The van der Waals surface area contributed by atoms with Gasteiger partial charge in [-0.25, -0.2) is 0 Å². The number of hydrogen-bond donors (Lipinski definition) is 0. The molecular formula is C62H43N. The van der Waals surface area contributed by atoms with E-state index < -0.39 is 0 Å². The second-order valence-corrected chi connectivity index (χ2v) is 16.0. The highest BCUT2D eigenvalue weighted by Crippen LogP contribution is 2.50. The highest BCUT2D eigenvalue weighted by atomic mass is 15.1. The van der Waals surface area contributed by atoms with E-state index in [1.807, 2.05) is 0 Å². The summed E-state index contributed by atoms with van der Waals surface area (Å²) in [6.45, 7) is 0. The predicted molar refractivity (Wildman–Crippen MR) is 269 cm³/mol. The lowest BCUT2D eigenvalue weighted by Gasteiger charge is -2.30. The Morgan fingerprint density at radius 2 is 0.619 bits per heavy atom. The monoisotopic (exact) mass is 801 g/mol. The maximum atomic E-state index is 2.45. The van der Waals surface area contributed by atoms with Crippen molar-refractivity contribution in [3.8, 4) is 66.8 Å². The Kier molecular flexibility index (Phi) is 9.97. The molecule has 0 fully saturated rings. The first-order valence-corrected chi connectivity index (χ1v) is 21.7. The Balaban J connectivity index is 1.15. The molecule has 0 aromatic heterocycles. The lowest BCUT2D eigenvalue weighted by Crippen LogP contribution is -2.12. The molecule has 0 atom stereocenters. The van der Waals surface area contributed by atoms with Gasteiger partial charge in [-0.2, -0.15) is 0 Å². The van der Waals surface area contributed by atoms with E-state index in [9.17, 15) is 0 Å². The van der Waals surface area contributed by atoms with Gasteiger partial charge in [0.1, 0.15) is 0 Å². The van der Waals surface area contributed by atoms with Crippen LogP contribution in [-0.4, -0.2) is 0 Å². The molecule has 0 aliphatic rings. The van der Waals surface area contributed by atoms with Gasteiger partial charge in [0.05, 0.1) is 5.69 Å². The van der Waals surface area contributed by atoms with Crippen LogP contribution >= 0.6 is 0 Å². The SMILES string of the molecule is c1ccc(-c2ccc(-c3ccc(N(c4ccc(-c5ccccc5)cc4)c4cccc(-c5ccccc5-c5ccccc5)c4-c4cc5ccccc5c5ccccc45)cc3)cc2)cc1. The smallest absolute Gasteiger partial charge is 0.0546 e. The molecule has 0 saturated heterocycles. The van der Waals surface area contributed by atoms with E-state index in [4.69, 9.17) is 0 Å². The van der Waals surface area contributed by atoms with Gasteiger partial charge in [0.15, 0.2) is 0 Å². The highest BCUT2D eigenvalue weighted by Gasteiger charge is 2.24. The van der Waals surface area contributed by atoms with Crippen LogP contribution < -0.4 is 4.90 Å². The average Bonchev–Trinajstić information content (AvgIpc) is 3.37. The summed E-state index contributed by atoms with van der Waals surface area (Å²) < 4.78 is 0. The van der Waals surface area contributed by atoms with Crippen LogP contribution in [0.15, 0.2) is 261 Å². The molecule has 11 aromatic carbocycles. The van der Waals surface area contributed by atoms with Gasteiger partial charge in [-0.1, -0.05) is 224 Å². The summed E-state index contributed by atoms with van der Waals surface area (Å²) in [5.74, 6) is 0. The highest BCUT2D eigenvalue weighted by molar-refractivity contribution is 6.17. The van der Waals surface area contributed by atoms with Crippen molar-refractivity contribution in [2.45, 2.75) is 0 Å². The van der Waals surface area contributed by atoms with E-state index >= 15 is 0 Å². The number of hydrogen-bond acceptors (Lipinski definition) is 1. The van der Waals surface area contributed by atoms with Gasteiger partial charge < -0.3 is 4.90 Å². The zero-order valence-corrected chi connectivity index (χ0v) is 34.8. The summed E-state index contributed by atoms with van der Waals surface area (Å²) in [5, 5.41) is 4.92.